The van der Waals surface area contributed by atoms with Gasteiger partial charge in [-0.2, -0.15) is 0 Å². The third-order valence-electron chi connectivity index (χ3n) is 4.34. The molecule has 0 bridgehead atoms. The van der Waals surface area contributed by atoms with Crippen molar-refractivity contribution in [3.63, 3.8) is 0 Å². The highest BCUT2D eigenvalue weighted by molar-refractivity contribution is 9.10. The molecule has 1 aliphatic carbocycles. The summed E-state index contributed by atoms with van der Waals surface area (Å²) in [5.41, 5.74) is 0.692. The Morgan fingerprint density at radius 3 is 2.57 bits per heavy atom. The van der Waals surface area contributed by atoms with Crippen LogP contribution in [0.5, 0.6) is 5.75 Å². The Morgan fingerprint density at radius 1 is 1.26 bits per heavy atom. The Labute approximate surface area is 148 Å². The smallest absolute Gasteiger partial charge is 0.251 e. The van der Waals surface area contributed by atoms with Crippen molar-refractivity contribution < 1.29 is 9.53 Å². The van der Waals surface area contributed by atoms with Gasteiger partial charge in [0.2, 0.25) is 0 Å². The Bertz CT molecular complexity index is 508. The molecule has 0 radical (unpaired) electrons. The van der Waals surface area contributed by atoms with E-state index in [1.165, 1.54) is 25.7 Å². The Kier molecular flexibility index (Phi) is 7.41. The van der Waals surface area contributed by atoms with Crippen molar-refractivity contribution in [2.45, 2.75) is 64.8 Å². The molecule has 0 aromatic heterocycles. The van der Waals surface area contributed by atoms with Crippen molar-refractivity contribution >= 4 is 21.8 Å². The van der Waals surface area contributed by atoms with Gasteiger partial charge in [-0.25, -0.2) is 0 Å². The number of benzene rings is 1. The first-order valence-electron chi connectivity index (χ1n) is 8.79. The van der Waals surface area contributed by atoms with Crippen LogP contribution in [-0.2, 0) is 0 Å². The predicted molar refractivity (Wildman–Crippen MR) is 98.0 cm³/mol. The summed E-state index contributed by atoms with van der Waals surface area (Å²) in [5.74, 6) is 1.45. The highest BCUT2D eigenvalue weighted by atomic mass is 79.9. The maximum absolute atomic E-state index is 12.4. The largest absolute Gasteiger partial charge is 0.492 e. The molecule has 23 heavy (non-hydrogen) atoms. The molecule has 128 valence electrons. The molecular formula is C19H28BrNO2. The van der Waals surface area contributed by atoms with Crippen molar-refractivity contribution in [3.8, 4) is 5.75 Å². The molecule has 0 saturated heterocycles. The third kappa shape index (κ3) is 6.17. The first-order valence-corrected chi connectivity index (χ1v) is 9.59. The van der Waals surface area contributed by atoms with Crippen LogP contribution in [0.15, 0.2) is 22.7 Å². The van der Waals surface area contributed by atoms with E-state index in [1.54, 1.807) is 0 Å². The van der Waals surface area contributed by atoms with Gasteiger partial charge < -0.3 is 10.1 Å². The Balaban J connectivity index is 1.91. The molecule has 1 N–H and O–H groups in total. The van der Waals surface area contributed by atoms with Crippen molar-refractivity contribution in [2.75, 3.05) is 6.61 Å². The number of carbonyl (C=O) groups is 1. The maximum atomic E-state index is 12.4. The Hall–Kier alpha value is -1.03. The van der Waals surface area contributed by atoms with E-state index in [9.17, 15) is 4.79 Å². The van der Waals surface area contributed by atoms with Crippen molar-refractivity contribution in [1.29, 1.82) is 0 Å². The summed E-state index contributed by atoms with van der Waals surface area (Å²) in [5, 5.41) is 3.18. The van der Waals surface area contributed by atoms with Crippen molar-refractivity contribution in [2.24, 2.45) is 5.92 Å². The van der Waals surface area contributed by atoms with Crippen LogP contribution in [0.4, 0.5) is 0 Å². The van der Waals surface area contributed by atoms with Gasteiger partial charge in [0.05, 0.1) is 11.1 Å². The third-order valence-corrected chi connectivity index (χ3v) is 4.96. The van der Waals surface area contributed by atoms with E-state index in [1.807, 2.05) is 18.2 Å². The predicted octanol–water partition coefficient (Wildman–Crippen LogP) is 5.33. The van der Waals surface area contributed by atoms with E-state index >= 15 is 0 Å². The maximum Gasteiger partial charge on any atom is 0.251 e. The molecule has 1 fully saturated rings. The van der Waals surface area contributed by atoms with Crippen LogP contribution >= 0.6 is 15.9 Å². The second-order valence-corrected chi connectivity index (χ2v) is 7.69. The van der Waals surface area contributed by atoms with Gasteiger partial charge >= 0.3 is 0 Å². The number of rotatable bonds is 6. The first-order chi connectivity index (χ1) is 11.1. The highest BCUT2D eigenvalue weighted by Gasteiger charge is 2.16. The molecule has 4 heteroatoms. The van der Waals surface area contributed by atoms with Crippen LogP contribution in [0.25, 0.3) is 0 Å². The van der Waals surface area contributed by atoms with Crippen LogP contribution in [0, 0.1) is 5.92 Å². The van der Waals surface area contributed by atoms with Gasteiger partial charge in [-0.3, -0.25) is 4.79 Å². The van der Waals surface area contributed by atoms with E-state index < -0.39 is 0 Å². The van der Waals surface area contributed by atoms with E-state index in [0.717, 1.165) is 29.5 Å². The van der Waals surface area contributed by atoms with Crippen LogP contribution < -0.4 is 10.1 Å². The molecule has 1 aromatic rings. The van der Waals surface area contributed by atoms with Crippen molar-refractivity contribution in [3.05, 3.63) is 28.2 Å². The second kappa shape index (κ2) is 9.31. The molecule has 1 saturated carbocycles. The molecular weight excluding hydrogens is 354 g/mol. The molecule has 1 amide bonds. The number of hydrogen-bond acceptors (Lipinski definition) is 2. The summed E-state index contributed by atoms with van der Waals surface area (Å²) >= 11 is 3.52. The molecule has 1 aliphatic rings. The summed E-state index contributed by atoms with van der Waals surface area (Å²) in [6.07, 6.45) is 8.25. The Morgan fingerprint density at radius 2 is 1.96 bits per heavy atom. The molecule has 0 heterocycles. The van der Waals surface area contributed by atoms with Gasteiger partial charge in [0, 0.05) is 11.6 Å². The van der Waals surface area contributed by atoms with Gasteiger partial charge in [-0.15, -0.1) is 0 Å². The fourth-order valence-corrected chi connectivity index (χ4v) is 3.35. The van der Waals surface area contributed by atoms with Gasteiger partial charge in [-0.1, -0.05) is 39.5 Å². The number of halogens is 1. The minimum atomic E-state index is 0.0198. The lowest BCUT2D eigenvalue weighted by atomic mass is 10.1. The molecule has 0 aliphatic heterocycles. The fourth-order valence-electron chi connectivity index (χ4n) is 2.86. The summed E-state index contributed by atoms with van der Waals surface area (Å²) in [6.45, 7) is 5.06. The summed E-state index contributed by atoms with van der Waals surface area (Å²) < 4.78 is 6.61. The van der Waals surface area contributed by atoms with Gasteiger partial charge in [-0.05, 0) is 59.3 Å². The molecule has 3 nitrogen and oxygen atoms in total. The molecule has 2 rings (SSSR count). The normalized spacial score (nSPS) is 16.2. The van der Waals surface area contributed by atoms with Gasteiger partial charge in [0.1, 0.15) is 5.75 Å². The molecule has 1 aromatic carbocycles. The minimum Gasteiger partial charge on any atom is -0.492 e. The number of hydrogen-bond donors (Lipinski definition) is 1. The number of ether oxygens (including phenoxy) is 1. The molecule has 0 atom stereocenters. The van der Waals surface area contributed by atoms with E-state index in [0.29, 0.717) is 24.1 Å². The lowest BCUT2D eigenvalue weighted by Crippen LogP contribution is -2.34. The second-order valence-electron chi connectivity index (χ2n) is 6.84. The van der Waals surface area contributed by atoms with Crippen LogP contribution in [0.1, 0.15) is 69.2 Å². The first kappa shape index (κ1) is 18.3. The average Bonchev–Trinajstić information content (AvgIpc) is 2.77. The monoisotopic (exact) mass is 381 g/mol. The molecule has 0 spiro atoms. The van der Waals surface area contributed by atoms with Gasteiger partial charge in [0.25, 0.3) is 5.91 Å². The SMILES string of the molecule is CC(C)CCOc1ccc(C(=O)NC2CCCCCC2)cc1Br. The van der Waals surface area contributed by atoms with Gasteiger partial charge in [0.15, 0.2) is 0 Å². The summed E-state index contributed by atoms with van der Waals surface area (Å²) in [7, 11) is 0. The fraction of sp³-hybridized carbons (Fsp3) is 0.632. The lowest BCUT2D eigenvalue weighted by molar-refractivity contribution is 0.0933. The minimum absolute atomic E-state index is 0.0198. The van der Waals surface area contributed by atoms with Crippen LogP contribution in [0.3, 0.4) is 0 Å². The average molecular weight is 382 g/mol. The van der Waals surface area contributed by atoms with Crippen LogP contribution in [-0.4, -0.2) is 18.6 Å². The topological polar surface area (TPSA) is 38.3 Å². The quantitative estimate of drug-likeness (QED) is 0.676. The number of nitrogens with one attached hydrogen (secondary N) is 1. The van der Waals surface area contributed by atoms with E-state index in [-0.39, 0.29) is 5.91 Å². The van der Waals surface area contributed by atoms with Crippen LogP contribution in [0.2, 0.25) is 0 Å². The molecule has 0 unspecified atom stereocenters. The number of carbonyl (C=O) groups excluding carboxylic acids is 1. The lowest BCUT2D eigenvalue weighted by Gasteiger charge is -2.17. The zero-order chi connectivity index (χ0) is 16.7. The van der Waals surface area contributed by atoms with E-state index in [4.69, 9.17) is 4.74 Å². The standard InChI is InChI=1S/C19H28BrNO2/c1-14(2)11-12-23-18-10-9-15(13-17(18)20)19(22)21-16-7-5-3-4-6-8-16/h9-10,13-14,16H,3-8,11-12H2,1-2H3,(H,21,22). The zero-order valence-electron chi connectivity index (χ0n) is 14.2. The van der Waals surface area contributed by atoms with E-state index in [2.05, 4.69) is 35.1 Å². The van der Waals surface area contributed by atoms with Crippen molar-refractivity contribution in [1.82, 2.24) is 5.32 Å². The highest BCUT2D eigenvalue weighted by Crippen LogP contribution is 2.27. The summed E-state index contributed by atoms with van der Waals surface area (Å²) in [4.78, 5) is 12.4. The summed E-state index contributed by atoms with van der Waals surface area (Å²) in [6, 6.07) is 5.91. The number of amides is 1. The zero-order valence-corrected chi connectivity index (χ0v) is 15.8.